The third-order valence-corrected chi connectivity index (χ3v) is 5.07. The lowest BCUT2D eigenvalue weighted by molar-refractivity contribution is -0.128. The van der Waals surface area contributed by atoms with Crippen molar-refractivity contribution < 1.29 is 14.3 Å². The van der Waals surface area contributed by atoms with Crippen LogP contribution in [-0.4, -0.2) is 44.4 Å². The lowest BCUT2D eigenvalue weighted by Gasteiger charge is -2.31. The number of rotatable bonds is 6. The van der Waals surface area contributed by atoms with Gasteiger partial charge in [-0.05, 0) is 57.2 Å². The maximum Gasteiger partial charge on any atom is 0.253 e. The highest BCUT2D eigenvalue weighted by Gasteiger charge is 2.22. The van der Waals surface area contributed by atoms with E-state index >= 15 is 0 Å². The number of hydrogen-bond acceptors (Lipinski definition) is 4. The topological polar surface area (TPSA) is 50.8 Å². The Hall–Kier alpha value is -1.30. The Morgan fingerprint density at radius 2 is 2.16 bits per heavy atom. The SMILES string of the molecule is CC(OCC1CCCO1)C(=O)Nc1cc(Cl)ccc1N1CCCCC1. The Kier molecular flexibility index (Phi) is 6.57. The highest BCUT2D eigenvalue weighted by Crippen LogP contribution is 2.31. The number of nitrogens with zero attached hydrogens (tertiary/aromatic N) is 1. The number of carbonyl (C=O) groups is 1. The molecule has 0 saturated carbocycles. The molecule has 2 aliphatic heterocycles. The van der Waals surface area contributed by atoms with Crippen LogP contribution in [0.15, 0.2) is 18.2 Å². The number of halogens is 1. The van der Waals surface area contributed by atoms with Crippen molar-refractivity contribution in [2.24, 2.45) is 0 Å². The molecule has 2 unspecified atom stereocenters. The normalized spacial score (nSPS) is 22.0. The maximum atomic E-state index is 12.5. The molecule has 2 heterocycles. The summed E-state index contributed by atoms with van der Waals surface area (Å²) < 4.78 is 11.2. The Morgan fingerprint density at radius 3 is 2.88 bits per heavy atom. The molecule has 5 nitrogen and oxygen atoms in total. The first-order chi connectivity index (χ1) is 12.1. The van der Waals surface area contributed by atoms with Crippen LogP contribution in [0, 0.1) is 0 Å². The van der Waals surface area contributed by atoms with Crippen LogP contribution >= 0.6 is 11.6 Å². The Bertz CT molecular complexity index is 584. The molecule has 1 aromatic rings. The van der Waals surface area contributed by atoms with Crippen LogP contribution in [0.3, 0.4) is 0 Å². The Morgan fingerprint density at radius 1 is 1.36 bits per heavy atom. The summed E-state index contributed by atoms with van der Waals surface area (Å²) in [6.07, 6.45) is 5.27. The van der Waals surface area contributed by atoms with Crippen LogP contribution in [0.4, 0.5) is 11.4 Å². The zero-order chi connectivity index (χ0) is 17.6. The van der Waals surface area contributed by atoms with Crippen molar-refractivity contribution >= 4 is 28.9 Å². The van der Waals surface area contributed by atoms with E-state index in [1.165, 1.54) is 19.3 Å². The molecule has 1 amide bonds. The van der Waals surface area contributed by atoms with E-state index in [9.17, 15) is 4.79 Å². The first-order valence-corrected chi connectivity index (χ1v) is 9.60. The van der Waals surface area contributed by atoms with Crippen molar-refractivity contribution in [1.29, 1.82) is 0 Å². The minimum Gasteiger partial charge on any atom is -0.376 e. The van der Waals surface area contributed by atoms with E-state index in [1.54, 1.807) is 6.92 Å². The van der Waals surface area contributed by atoms with Crippen molar-refractivity contribution in [1.82, 2.24) is 0 Å². The van der Waals surface area contributed by atoms with Gasteiger partial charge in [0.25, 0.3) is 5.91 Å². The molecule has 0 spiro atoms. The second-order valence-electron chi connectivity index (χ2n) is 6.81. The number of amides is 1. The van der Waals surface area contributed by atoms with Gasteiger partial charge < -0.3 is 19.7 Å². The van der Waals surface area contributed by atoms with Crippen molar-refractivity contribution in [2.45, 2.75) is 51.2 Å². The van der Waals surface area contributed by atoms with Gasteiger partial charge in [-0.1, -0.05) is 11.6 Å². The standard InChI is InChI=1S/C19H27ClN2O3/c1-14(25-13-16-6-5-11-24-16)19(23)21-17-12-15(20)7-8-18(17)22-9-3-2-4-10-22/h7-8,12,14,16H,2-6,9-11,13H2,1H3,(H,21,23). The summed E-state index contributed by atoms with van der Waals surface area (Å²) in [5.41, 5.74) is 1.79. The van der Waals surface area contributed by atoms with Crippen LogP contribution in [0.2, 0.25) is 5.02 Å². The molecule has 3 rings (SSSR count). The number of piperidine rings is 1. The molecule has 25 heavy (non-hydrogen) atoms. The average Bonchev–Trinajstić information content (AvgIpc) is 3.14. The minimum atomic E-state index is -0.530. The van der Waals surface area contributed by atoms with Gasteiger partial charge in [0, 0.05) is 24.7 Å². The fourth-order valence-corrected chi connectivity index (χ4v) is 3.53. The maximum absolute atomic E-state index is 12.5. The van der Waals surface area contributed by atoms with Crippen LogP contribution in [0.1, 0.15) is 39.0 Å². The van der Waals surface area contributed by atoms with Crippen LogP contribution in [0.25, 0.3) is 0 Å². The molecule has 0 radical (unpaired) electrons. The molecule has 2 saturated heterocycles. The average molecular weight is 367 g/mol. The van der Waals surface area contributed by atoms with E-state index < -0.39 is 6.10 Å². The lowest BCUT2D eigenvalue weighted by Crippen LogP contribution is -2.33. The summed E-state index contributed by atoms with van der Waals surface area (Å²) in [6.45, 7) is 5.04. The van der Waals surface area contributed by atoms with Crippen molar-refractivity contribution in [3.63, 3.8) is 0 Å². The second kappa shape index (κ2) is 8.88. The number of anilines is 2. The molecular weight excluding hydrogens is 340 g/mol. The van der Waals surface area contributed by atoms with Crippen LogP contribution < -0.4 is 10.2 Å². The van der Waals surface area contributed by atoms with E-state index in [-0.39, 0.29) is 12.0 Å². The predicted molar refractivity (Wildman–Crippen MR) is 101 cm³/mol. The van der Waals surface area contributed by atoms with Crippen molar-refractivity contribution in [2.75, 3.05) is 36.5 Å². The number of nitrogens with one attached hydrogen (secondary N) is 1. The first kappa shape index (κ1) is 18.5. The molecule has 6 heteroatoms. The van der Waals surface area contributed by atoms with Gasteiger partial charge in [-0.3, -0.25) is 4.79 Å². The van der Waals surface area contributed by atoms with Crippen molar-refractivity contribution in [3.05, 3.63) is 23.2 Å². The van der Waals surface area contributed by atoms with Gasteiger partial charge in [-0.2, -0.15) is 0 Å². The molecule has 2 atom stereocenters. The quantitative estimate of drug-likeness (QED) is 0.830. The number of carbonyl (C=O) groups excluding carboxylic acids is 1. The highest BCUT2D eigenvalue weighted by molar-refractivity contribution is 6.31. The third-order valence-electron chi connectivity index (χ3n) is 4.84. The first-order valence-electron chi connectivity index (χ1n) is 9.22. The van der Waals surface area contributed by atoms with Gasteiger partial charge in [0.2, 0.25) is 0 Å². The zero-order valence-corrected chi connectivity index (χ0v) is 15.6. The molecular formula is C19H27ClN2O3. The monoisotopic (exact) mass is 366 g/mol. The molecule has 1 N–H and O–H groups in total. The molecule has 2 fully saturated rings. The molecule has 0 bridgehead atoms. The van der Waals surface area contributed by atoms with Gasteiger partial charge in [0.15, 0.2) is 0 Å². The number of hydrogen-bond donors (Lipinski definition) is 1. The number of ether oxygens (including phenoxy) is 2. The van der Waals surface area contributed by atoms with Crippen LogP contribution in [0.5, 0.6) is 0 Å². The van der Waals surface area contributed by atoms with Crippen LogP contribution in [-0.2, 0) is 14.3 Å². The minimum absolute atomic E-state index is 0.116. The van der Waals surface area contributed by atoms with Gasteiger partial charge in [-0.25, -0.2) is 0 Å². The molecule has 138 valence electrons. The van der Waals surface area contributed by atoms with E-state index in [1.807, 2.05) is 18.2 Å². The van der Waals surface area contributed by atoms with Crippen molar-refractivity contribution in [3.8, 4) is 0 Å². The second-order valence-corrected chi connectivity index (χ2v) is 7.25. The Labute approximate surface area is 154 Å². The summed E-state index contributed by atoms with van der Waals surface area (Å²) in [4.78, 5) is 14.8. The predicted octanol–water partition coefficient (Wildman–Crippen LogP) is 3.85. The third kappa shape index (κ3) is 5.09. The fourth-order valence-electron chi connectivity index (χ4n) is 3.36. The Balaban J connectivity index is 1.61. The molecule has 0 aromatic heterocycles. The van der Waals surface area contributed by atoms with E-state index in [0.29, 0.717) is 11.6 Å². The van der Waals surface area contributed by atoms with Gasteiger partial charge in [0.05, 0.1) is 24.1 Å². The van der Waals surface area contributed by atoms with Gasteiger partial charge in [-0.15, -0.1) is 0 Å². The molecule has 2 aliphatic rings. The summed E-state index contributed by atoms with van der Waals surface area (Å²) >= 11 is 6.15. The number of benzene rings is 1. The zero-order valence-electron chi connectivity index (χ0n) is 14.8. The summed E-state index contributed by atoms with van der Waals surface area (Å²) in [6, 6.07) is 5.68. The largest absolute Gasteiger partial charge is 0.376 e. The van der Waals surface area contributed by atoms with Gasteiger partial charge >= 0.3 is 0 Å². The smallest absolute Gasteiger partial charge is 0.253 e. The van der Waals surface area contributed by atoms with E-state index in [0.717, 1.165) is 43.9 Å². The summed E-state index contributed by atoms with van der Waals surface area (Å²) in [5.74, 6) is -0.154. The summed E-state index contributed by atoms with van der Waals surface area (Å²) in [7, 11) is 0. The highest BCUT2D eigenvalue weighted by atomic mass is 35.5. The molecule has 0 aliphatic carbocycles. The molecule has 1 aromatic carbocycles. The summed E-state index contributed by atoms with van der Waals surface area (Å²) in [5, 5.41) is 3.61. The van der Waals surface area contributed by atoms with E-state index in [4.69, 9.17) is 21.1 Å². The fraction of sp³-hybridized carbons (Fsp3) is 0.632. The van der Waals surface area contributed by atoms with Gasteiger partial charge in [0.1, 0.15) is 6.10 Å². The lowest BCUT2D eigenvalue weighted by atomic mass is 10.1. The van der Waals surface area contributed by atoms with E-state index in [2.05, 4.69) is 10.2 Å².